The van der Waals surface area contributed by atoms with E-state index in [2.05, 4.69) is 36.5 Å². The van der Waals surface area contributed by atoms with Crippen molar-refractivity contribution in [1.29, 1.82) is 0 Å². The van der Waals surface area contributed by atoms with Crippen molar-refractivity contribution >= 4 is 5.91 Å². The first-order chi connectivity index (χ1) is 9.64. The molecular weight excluding hydrogens is 250 g/mol. The highest BCUT2D eigenvalue weighted by Crippen LogP contribution is 2.22. The summed E-state index contributed by atoms with van der Waals surface area (Å²) in [7, 11) is 0. The summed E-state index contributed by atoms with van der Waals surface area (Å²) in [6, 6.07) is 0. The van der Waals surface area contributed by atoms with Crippen molar-refractivity contribution < 1.29 is 9.28 Å². The zero-order chi connectivity index (χ0) is 14.8. The summed E-state index contributed by atoms with van der Waals surface area (Å²) in [5, 5.41) is 6.40. The lowest BCUT2D eigenvalue weighted by atomic mass is 10.1. The van der Waals surface area contributed by atoms with E-state index in [1.807, 2.05) is 6.08 Å². The van der Waals surface area contributed by atoms with Gasteiger partial charge < -0.3 is 10.6 Å². The van der Waals surface area contributed by atoms with Gasteiger partial charge >= 0.3 is 0 Å². The first-order valence-corrected chi connectivity index (χ1v) is 7.80. The molecule has 0 radical (unpaired) electrons. The first-order valence-electron chi connectivity index (χ1n) is 7.80. The van der Waals surface area contributed by atoms with Crippen LogP contribution in [0.15, 0.2) is 25.1 Å². The second kappa shape index (κ2) is 8.80. The summed E-state index contributed by atoms with van der Waals surface area (Å²) in [6.07, 6.45) is 12.8. The molecule has 2 atom stereocenters. The maximum Gasteiger partial charge on any atom is 0.217 e. The fourth-order valence-electron chi connectivity index (χ4n) is 2.85. The number of rotatable bonds is 10. The van der Waals surface area contributed by atoms with Gasteiger partial charge in [-0.05, 0) is 26.2 Å². The molecule has 1 heterocycles. The number of likely N-dealkylation sites (N-methyl/N-ethyl adjacent to an activating group) is 1. The van der Waals surface area contributed by atoms with E-state index < -0.39 is 0 Å². The van der Waals surface area contributed by atoms with Crippen molar-refractivity contribution in [3.8, 4) is 0 Å². The number of allylic oxidation sites excluding steroid dienone is 1. The van der Waals surface area contributed by atoms with Gasteiger partial charge in [-0.1, -0.05) is 12.5 Å². The average Bonchev–Trinajstić information content (AvgIpc) is 2.82. The lowest BCUT2D eigenvalue weighted by Gasteiger charge is -2.37. The number of unbranched alkanes of at least 4 members (excludes halogenated alkanes) is 3. The van der Waals surface area contributed by atoms with E-state index in [0.29, 0.717) is 6.17 Å². The normalized spacial score (nSPS) is 24.4. The van der Waals surface area contributed by atoms with Crippen molar-refractivity contribution in [3.05, 3.63) is 25.1 Å². The third-order valence-corrected chi connectivity index (χ3v) is 4.16. The Morgan fingerprint density at radius 1 is 1.45 bits per heavy atom. The molecule has 0 saturated carbocycles. The molecule has 1 rings (SSSR count). The third-order valence-electron chi connectivity index (χ3n) is 4.16. The van der Waals surface area contributed by atoms with E-state index >= 15 is 0 Å². The minimum absolute atomic E-state index is 0.0522. The van der Waals surface area contributed by atoms with Crippen LogP contribution in [-0.2, 0) is 4.79 Å². The fraction of sp³-hybridized carbons (Fsp3) is 0.688. The van der Waals surface area contributed by atoms with Crippen LogP contribution in [0.3, 0.4) is 0 Å². The standard InChI is InChI=1S/C16H29N3O/c1-4-6-7-8-9-10-16-18-12-14-19(16,5-2)13-11-17-15(3)20/h4,12,14,16,18H,1,5-11,13H2,2-3H3/p+1. The number of carbonyl (C=O) groups is 1. The number of carbonyl (C=O) groups excluding carboxylic acids is 1. The summed E-state index contributed by atoms with van der Waals surface area (Å²) in [6.45, 7) is 10.3. The van der Waals surface area contributed by atoms with Gasteiger partial charge in [-0.3, -0.25) is 9.28 Å². The largest absolute Gasteiger partial charge is 0.351 e. The lowest BCUT2D eigenvalue weighted by Crippen LogP contribution is -2.55. The molecule has 0 aromatic heterocycles. The molecule has 2 unspecified atom stereocenters. The van der Waals surface area contributed by atoms with Gasteiger partial charge in [0.25, 0.3) is 0 Å². The second-order valence-corrected chi connectivity index (χ2v) is 5.55. The van der Waals surface area contributed by atoms with Gasteiger partial charge in [0, 0.05) is 13.3 Å². The van der Waals surface area contributed by atoms with Crippen molar-refractivity contribution in [1.82, 2.24) is 10.6 Å². The molecule has 2 N–H and O–H groups in total. The van der Waals surface area contributed by atoms with Gasteiger partial charge in [-0.25, -0.2) is 0 Å². The number of amides is 1. The first kappa shape index (κ1) is 16.8. The Labute approximate surface area is 123 Å². The van der Waals surface area contributed by atoms with E-state index in [9.17, 15) is 4.79 Å². The minimum Gasteiger partial charge on any atom is -0.351 e. The van der Waals surface area contributed by atoms with Crippen LogP contribution in [0.5, 0.6) is 0 Å². The van der Waals surface area contributed by atoms with Crippen molar-refractivity contribution in [2.24, 2.45) is 0 Å². The zero-order valence-electron chi connectivity index (χ0n) is 13.0. The molecule has 4 heteroatoms. The molecule has 1 amide bonds. The molecule has 114 valence electrons. The van der Waals surface area contributed by atoms with E-state index in [1.165, 1.54) is 25.7 Å². The van der Waals surface area contributed by atoms with Gasteiger partial charge in [0.1, 0.15) is 12.7 Å². The SMILES string of the molecule is C=CCCCCCC1NC=C[N+]1(CC)CCNC(C)=O. The maximum absolute atomic E-state index is 11.0. The van der Waals surface area contributed by atoms with Gasteiger partial charge in [0.05, 0.1) is 19.3 Å². The van der Waals surface area contributed by atoms with Crippen molar-refractivity contribution in [2.75, 3.05) is 19.6 Å². The van der Waals surface area contributed by atoms with Crippen LogP contribution in [0.4, 0.5) is 0 Å². The van der Waals surface area contributed by atoms with Gasteiger partial charge in [-0.15, -0.1) is 6.58 Å². The Balaban J connectivity index is 2.39. The topological polar surface area (TPSA) is 41.1 Å². The lowest BCUT2D eigenvalue weighted by molar-refractivity contribution is -0.898. The second-order valence-electron chi connectivity index (χ2n) is 5.55. The summed E-state index contributed by atoms with van der Waals surface area (Å²) >= 11 is 0. The Kier molecular flexibility index (Phi) is 7.37. The molecule has 20 heavy (non-hydrogen) atoms. The number of nitrogens with zero attached hydrogens (tertiary/aromatic N) is 1. The highest BCUT2D eigenvalue weighted by molar-refractivity contribution is 5.72. The predicted octanol–water partition coefficient (Wildman–Crippen LogP) is 2.50. The molecule has 0 aromatic carbocycles. The Bertz CT molecular complexity index is 341. The van der Waals surface area contributed by atoms with Crippen LogP contribution in [0.25, 0.3) is 0 Å². The molecule has 0 spiro atoms. The molecule has 0 saturated heterocycles. The van der Waals surface area contributed by atoms with Crippen LogP contribution in [-0.4, -0.2) is 36.2 Å². The summed E-state index contributed by atoms with van der Waals surface area (Å²) < 4.78 is 0.932. The highest BCUT2D eigenvalue weighted by Gasteiger charge is 2.35. The zero-order valence-corrected chi connectivity index (χ0v) is 13.0. The molecule has 0 bridgehead atoms. The van der Waals surface area contributed by atoms with Crippen LogP contribution in [0.1, 0.15) is 46.0 Å². The van der Waals surface area contributed by atoms with Crippen LogP contribution in [0, 0.1) is 0 Å². The fourth-order valence-corrected chi connectivity index (χ4v) is 2.85. The van der Waals surface area contributed by atoms with Crippen LogP contribution in [0.2, 0.25) is 0 Å². The Hall–Kier alpha value is -1.29. The highest BCUT2D eigenvalue weighted by atomic mass is 16.1. The molecule has 1 aliphatic rings. The average molecular weight is 280 g/mol. The van der Waals surface area contributed by atoms with Gasteiger partial charge in [-0.2, -0.15) is 0 Å². The van der Waals surface area contributed by atoms with Crippen LogP contribution < -0.4 is 10.6 Å². The maximum atomic E-state index is 11.0. The Morgan fingerprint density at radius 3 is 2.90 bits per heavy atom. The monoisotopic (exact) mass is 280 g/mol. The van der Waals surface area contributed by atoms with E-state index in [1.54, 1.807) is 6.92 Å². The van der Waals surface area contributed by atoms with E-state index in [-0.39, 0.29) is 5.91 Å². The van der Waals surface area contributed by atoms with Crippen molar-refractivity contribution in [2.45, 2.75) is 52.1 Å². The van der Waals surface area contributed by atoms with E-state index in [0.717, 1.165) is 30.5 Å². The molecule has 4 nitrogen and oxygen atoms in total. The molecule has 0 fully saturated rings. The number of hydrogen-bond acceptors (Lipinski definition) is 2. The van der Waals surface area contributed by atoms with E-state index in [4.69, 9.17) is 0 Å². The summed E-state index contributed by atoms with van der Waals surface area (Å²) in [4.78, 5) is 11.0. The summed E-state index contributed by atoms with van der Waals surface area (Å²) in [5.41, 5.74) is 0. The minimum atomic E-state index is 0.0522. The van der Waals surface area contributed by atoms with Crippen LogP contribution >= 0.6 is 0 Å². The van der Waals surface area contributed by atoms with Gasteiger partial charge in [0.2, 0.25) is 5.91 Å². The number of nitrogens with one attached hydrogen (secondary N) is 2. The van der Waals surface area contributed by atoms with Gasteiger partial charge in [0.15, 0.2) is 6.17 Å². The quantitative estimate of drug-likeness (QED) is 0.367. The van der Waals surface area contributed by atoms with Crippen molar-refractivity contribution in [3.63, 3.8) is 0 Å². The third kappa shape index (κ3) is 5.00. The molecule has 0 aliphatic carbocycles. The molecule has 0 aromatic rings. The number of quaternary nitrogens is 1. The molecule has 1 aliphatic heterocycles. The predicted molar refractivity (Wildman–Crippen MR) is 83.7 cm³/mol. The Morgan fingerprint density at radius 2 is 2.25 bits per heavy atom. The summed E-state index contributed by atoms with van der Waals surface area (Å²) in [5.74, 6) is 0.0522. The smallest absolute Gasteiger partial charge is 0.217 e. The molecular formula is C16H30N3O+. The number of hydrogen-bond donors (Lipinski definition) is 2.